The van der Waals surface area contributed by atoms with Gasteiger partial charge in [-0.2, -0.15) is 5.10 Å². The summed E-state index contributed by atoms with van der Waals surface area (Å²) in [6.45, 7) is 6.35. The lowest BCUT2D eigenvalue weighted by Gasteiger charge is -2.05. The van der Waals surface area contributed by atoms with Gasteiger partial charge in [0.1, 0.15) is 23.0 Å². The number of ether oxygens (including phenoxy) is 1. The van der Waals surface area contributed by atoms with Crippen LogP contribution in [0.5, 0.6) is 5.75 Å². The molecule has 5 heteroatoms. The minimum Gasteiger partial charge on any atom is -0.494 e. The molecule has 1 aromatic carbocycles. The topological polar surface area (TPSA) is 63.8 Å². The number of amides is 1. The zero-order chi connectivity index (χ0) is 15.9. The van der Waals surface area contributed by atoms with Crippen LogP contribution < -0.4 is 10.2 Å². The molecule has 1 heterocycles. The summed E-state index contributed by atoms with van der Waals surface area (Å²) < 4.78 is 10.9. The van der Waals surface area contributed by atoms with Crippen molar-refractivity contribution in [2.45, 2.75) is 27.2 Å². The van der Waals surface area contributed by atoms with Gasteiger partial charge in [-0.15, -0.1) is 0 Å². The normalized spacial score (nSPS) is 11.3. The molecule has 1 amide bonds. The van der Waals surface area contributed by atoms with Gasteiger partial charge in [0.05, 0.1) is 6.61 Å². The van der Waals surface area contributed by atoms with E-state index in [9.17, 15) is 4.79 Å². The summed E-state index contributed by atoms with van der Waals surface area (Å²) in [6.07, 6.45) is 0.947. The van der Waals surface area contributed by atoms with Gasteiger partial charge in [0, 0.05) is 5.56 Å². The van der Waals surface area contributed by atoms with Crippen LogP contribution in [0.1, 0.15) is 42.1 Å². The van der Waals surface area contributed by atoms with Gasteiger partial charge in [-0.25, -0.2) is 5.43 Å². The lowest BCUT2D eigenvalue weighted by Crippen LogP contribution is -2.19. The predicted octanol–water partition coefficient (Wildman–Crippen LogP) is 3.53. The Morgan fingerprint density at radius 2 is 1.95 bits per heavy atom. The van der Waals surface area contributed by atoms with Gasteiger partial charge >= 0.3 is 0 Å². The molecule has 0 saturated heterocycles. The summed E-state index contributed by atoms with van der Waals surface area (Å²) in [4.78, 5) is 12.0. The van der Waals surface area contributed by atoms with Crippen LogP contribution >= 0.6 is 0 Å². The van der Waals surface area contributed by atoms with Gasteiger partial charge in [-0.05, 0) is 56.7 Å². The molecule has 2 aromatic rings. The zero-order valence-electron chi connectivity index (χ0n) is 13.1. The van der Waals surface area contributed by atoms with E-state index in [1.165, 1.54) is 0 Å². The number of aryl methyl sites for hydroxylation is 1. The van der Waals surface area contributed by atoms with E-state index in [0.717, 1.165) is 17.9 Å². The Labute approximate surface area is 130 Å². The van der Waals surface area contributed by atoms with Gasteiger partial charge < -0.3 is 9.15 Å². The summed E-state index contributed by atoms with van der Waals surface area (Å²) >= 11 is 0. The first kappa shape index (κ1) is 15.8. The molecule has 2 rings (SSSR count). The van der Waals surface area contributed by atoms with E-state index in [2.05, 4.69) is 10.5 Å². The standard InChI is InChI=1S/C17H20N2O3/c1-4-11-21-15-8-6-14(7-9-15)17(20)19-18-13(3)16-10-5-12(2)22-16/h5-10H,4,11H2,1-3H3,(H,19,20)/b18-13-. The van der Waals surface area contributed by atoms with Crippen molar-refractivity contribution in [2.24, 2.45) is 5.10 Å². The summed E-state index contributed by atoms with van der Waals surface area (Å²) in [5.74, 6) is 1.92. The lowest BCUT2D eigenvalue weighted by molar-refractivity contribution is 0.0955. The molecular weight excluding hydrogens is 280 g/mol. The second-order valence-electron chi connectivity index (χ2n) is 4.92. The van der Waals surface area contributed by atoms with Crippen LogP contribution in [0.25, 0.3) is 0 Å². The SMILES string of the molecule is CCCOc1ccc(C(=O)N/N=C(/C)c2ccc(C)o2)cc1. The molecule has 0 fully saturated rings. The number of rotatable bonds is 6. The fraction of sp³-hybridized carbons (Fsp3) is 0.294. The maximum absolute atomic E-state index is 12.0. The van der Waals surface area contributed by atoms with E-state index in [-0.39, 0.29) is 5.91 Å². The number of hydrogen-bond donors (Lipinski definition) is 1. The van der Waals surface area contributed by atoms with Crippen molar-refractivity contribution in [3.8, 4) is 5.75 Å². The van der Waals surface area contributed by atoms with Gasteiger partial charge in [0.15, 0.2) is 0 Å². The average Bonchev–Trinajstić information content (AvgIpc) is 2.97. The molecule has 22 heavy (non-hydrogen) atoms. The average molecular weight is 300 g/mol. The molecule has 0 radical (unpaired) electrons. The Morgan fingerprint density at radius 1 is 1.23 bits per heavy atom. The number of hydrazone groups is 1. The lowest BCUT2D eigenvalue weighted by atomic mass is 10.2. The van der Waals surface area contributed by atoms with Gasteiger partial charge in [0.25, 0.3) is 5.91 Å². The monoisotopic (exact) mass is 300 g/mol. The molecule has 0 spiro atoms. The molecule has 0 saturated carbocycles. The molecule has 0 aliphatic carbocycles. The third-order valence-corrected chi connectivity index (χ3v) is 3.01. The van der Waals surface area contributed by atoms with E-state index in [0.29, 0.717) is 23.6 Å². The Bertz CT molecular complexity index is 657. The predicted molar refractivity (Wildman–Crippen MR) is 85.4 cm³/mol. The Hall–Kier alpha value is -2.56. The smallest absolute Gasteiger partial charge is 0.271 e. The number of carbonyl (C=O) groups is 1. The fourth-order valence-corrected chi connectivity index (χ4v) is 1.81. The van der Waals surface area contributed by atoms with Crippen LogP contribution in [-0.2, 0) is 0 Å². The quantitative estimate of drug-likeness (QED) is 0.655. The van der Waals surface area contributed by atoms with Crippen LogP contribution in [0.2, 0.25) is 0 Å². The molecule has 1 aromatic heterocycles. The number of nitrogens with one attached hydrogen (secondary N) is 1. The second-order valence-corrected chi connectivity index (χ2v) is 4.92. The molecule has 0 unspecified atom stereocenters. The van der Waals surface area contributed by atoms with Crippen molar-refractivity contribution in [3.63, 3.8) is 0 Å². The third kappa shape index (κ3) is 4.22. The molecule has 116 valence electrons. The van der Waals surface area contributed by atoms with Crippen LogP contribution in [0.15, 0.2) is 45.9 Å². The van der Waals surface area contributed by atoms with Crippen molar-refractivity contribution >= 4 is 11.6 Å². The van der Waals surface area contributed by atoms with Gasteiger partial charge in [-0.3, -0.25) is 4.79 Å². The summed E-state index contributed by atoms with van der Waals surface area (Å²) in [7, 11) is 0. The number of nitrogens with zero attached hydrogens (tertiary/aromatic N) is 1. The van der Waals surface area contributed by atoms with Crippen LogP contribution in [0, 0.1) is 6.92 Å². The minimum atomic E-state index is -0.273. The fourth-order valence-electron chi connectivity index (χ4n) is 1.81. The highest BCUT2D eigenvalue weighted by molar-refractivity contribution is 5.99. The Kier molecular flexibility index (Phi) is 5.36. The van der Waals surface area contributed by atoms with Gasteiger partial charge in [0.2, 0.25) is 0 Å². The highest BCUT2D eigenvalue weighted by Gasteiger charge is 2.07. The van der Waals surface area contributed by atoms with Crippen molar-refractivity contribution in [3.05, 3.63) is 53.5 Å². The summed E-state index contributed by atoms with van der Waals surface area (Å²) in [6, 6.07) is 10.6. The third-order valence-electron chi connectivity index (χ3n) is 3.01. The van der Waals surface area contributed by atoms with Crippen LogP contribution in [-0.4, -0.2) is 18.2 Å². The van der Waals surface area contributed by atoms with E-state index in [1.54, 1.807) is 31.2 Å². The molecule has 0 atom stereocenters. The Balaban J connectivity index is 1.97. The minimum absolute atomic E-state index is 0.273. The Morgan fingerprint density at radius 3 is 2.55 bits per heavy atom. The number of hydrogen-bond acceptors (Lipinski definition) is 4. The highest BCUT2D eigenvalue weighted by atomic mass is 16.5. The van der Waals surface area contributed by atoms with E-state index in [4.69, 9.17) is 9.15 Å². The first-order chi connectivity index (χ1) is 10.6. The van der Waals surface area contributed by atoms with Crippen molar-refractivity contribution < 1.29 is 13.9 Å². The second kappa shape index (κ2) is 7.45. The molecule has 0 aliphatic rings. The van der Waals surface area contributed by atoms with Crippen molar-refractivity contribution in [2.75, 3.05) is 6.61 Å². The van der Waals surface area contributed by atoms with E-state index >= 15 is 0 Å². The van der Waals surface area contributed by atoms with Crippen LogP contribution in [0.4, 0.5) is 0 Å². The van der Waals surface area contributed by atoms with E-state index in [1.807, 2.05) is 26.0 Å². The van der Waals surface area contributed by atoms with Crippen molar-refractivity contribution in [1.29, 1.82) is 0 Å². The molecule has 0 aliphatic heterocycles. The first-order valence-corrected chi connectivity index (χ1v) is 7.24. The van der Waals surface area contributed by atoms with Gasteiger partial charge in [-0.1, -0.05) is 6.92 Å². The summed E-state index contributed by atoms with van der Waals surface area (Å²) in [5, 5.41) is 4.05. The first-order valence-electron chi connectivity index (χ1n) is 7.24. The number of carbonyl (C=O) groups excluding carboxylic acids is 1. The maximum Gasteiger partial charge on any atom is 0.271 e. The molecule has 1 N–H and O–H groups in total. The maximum atomic E-state index is 12.0. The van der Waals surface area contributed by atoms with Crippen LogP contribution in [0.3, 0.4) is 0 Å². The van der Waals surface area contributed by atoms with E-state index < -0.39 is 0 Å². The highest BCUT2D eigenvalue weighted by Crippen LogP contribution is 2.12. The number of benzene rings is 1. The summed E-state index contributed by atoms with van der Waals surface area (Å²) in [5.41, 5.74) is 3.66. The molecule has 0 bridgehead atoms. The number of furan rings is 1. The molecule has 5 nitrogen and oxygen atoms in total. The zero-order valence-corrected chi connectivity index (χ0v) is 13.1. The largest absolute Gasteiger partial charge is 0.494 e. The van der Waals surface area contributed by atoms with Crippen molar-refractivity contribution in [1.82, 2.24) is 5.43 Å². The molecular formula is C17H20N2O3.